The van der Waals surface area contributed by atoms with E-state index < -0.39 is 5.91 Å². The summed E-state index contributed by atoms with van der Waals surface area (Å²) in [5.41, 5.74) is 4.47. The number of oxazole rings is 1. The molecule has 6 nitrogen and oxygen atoms in total. The molecule has 3 rings (SSSR count). The molecule has 28 heavy (non-hydrogen) atoms. The molecule has 0 saturated carbocycles. The van der Waals surface area contributed by atoms with Crippen LogP contribution in [0.1, 0.15) is 30.3 Å². The summed E-state index contributed by atoms with van der Waals surface area (Å²) in [6, 6.07) is 11.2. The first-order valence-corrected chi connectivity index (χ1v) is 9.12. The van der Waals surface area contributed by atoms with E-state index in [1.165, 1.54) is 6.39 Å². The van der Waals surface area contributed by atoms with Gasteiger partial charge >= 0.3 is 0 Å². The van der Waals surface area contributed by atoms with Gasteiger partial charge in [0.15, 0.2) is 12.2 Å². The normalized spacial score (nSPS) is 11.3. The Morgan fingerprint density at radius 1 is 1.36 bits per heavy atom. The fourth-order valence-corrected chi connectivity index (χ4v) is 3.15. The molecule has 0 unspecified atom stereocenters. The third kappa shape index (κ3) is 4.04. The van der Waals surface area contributed by atoms with Gasteiger partial charge in [-0.05, 0) is 50.1 Å². The van der Waals surface area contributed by atoms with E-state index in [0.717, 1.165) is 35.5 Å². The van der Waals surface area contributed by atoms with Gasteiger partial charge in [0.05, 0.1) is 6.20 Å². The number of benzene rings is 1. The number of carbonyl (C=O) groups is 1. The summed E-state index contributed by atoms with van der Waals surface area (Å²) in [7, 11) is 0. The van der Waals surface area contributed by atoms with E-state index in [9.17, 15) is 10.1 Å². The maximum atomic E-state index is 12.6. The van der Waals surface area contributed by atoms with Crippen LogP contribution in [-0.2, 0) is 11.3 Å². The third-order valence-corrected chi connectivity index (χ3v) is 4.56. The van der Waals surface area contributed by atoms with Crippen LogP contribution in [0.2, 0.25) is 0 Å². The molecule has 0 spiro atoms. The minimum atomic E-state index is -0.447. The van der Waals surface area contributed by atoms with Crippen molar-refractivity contribution in [2.45, 2.75) is 33.7 Å². The lowest BCUT2D eigenvalue weighted by Crippen LogP contribution is -2.13. The quantitative estimate of drug-likeness (QED) is 0.500. The average molecular weight is 374 g/mol. The number of hydrogen-bond donors (Lipinski definition) is 1. The van der Waals surface area contributed by atoms with Crippen molar-refractivity contribution in [2.75, 3.05) is 5.32 Å². The van der Waals surface area contributed by atoms with Crippen LogP contribution in [0.5, 0.6) is 0 Å². The van der Waals surface area contributed by atoms with Gasteiger partial charge in [0, 0.05) is 29.2 Å². The molecule has 0 aliphatic rings. The number of nitriles is 1. The smallest absolute Gasteiger partial charge is 0.266 e. The highest BCUT2D eigenvalue weighted by molar-refractivity contribution is 6.09. The zero-order valence-electron chi connectivity index (χ0n) is 16.2. The molecule has 0 aliphatic heterocycles. The van der Waals surface area contributed by atoms with Crippen molar-refractivity contribution in [3.05, 3.63) is 65.4 Å². The van der Waals surface area contributed by atoms with E-state index in [1.807, 2.05) is 38.1 Å². The lowest BCUT2D eigenvalue weighted by atomic mass is 10.1. The summed E-state index contributed by atoms with van der Waals surface area (Å²) >= 11 is 0. The average Bonchev–Trinajstić information content (AvgIpc) is 3.31. The fraction of sp³-hybridized carbons (Fsp3) is 0.227. The lowest BCUT2D eigenvalue weighted by Gasteiger charge is -2.07. The zero-order chi connectivity index (χ0) is 20.1. The number of nitrogens with one attached hydrogen (secondary N) is 1. The predicted molar refractivity (Wildman–Crippen MR) is 108 cm³/mol. The monoisotopic (exact) mass is 374 g/mol. The Kier molecular flexibility index (Phi) is 5.75. The molecule has 2 aromatic heterocycles. The van der Waals surface area contributed by atoms with Crippen LogP contribution in [0.4, 0.5) is 5.69 Å². The minimum absolute atomic E-state index is 0.0572. The molecule has 0 atom stereocenters. The molecule has 0 saturated heterocycles. The highest BCUT2D eigenvalue weighted by atomic mass is 16.3. The van der Waals surface area contributed by atoms with Gasteiger partial charge in [-0.2, -0.15) is 5.26 Å². The molecule has 1 aromatic carbocycles. The molecule has 2 heterocycles. The topological polar surface area (TPSA) is 83.9 Å². The first kappa shape index (κ1) is 19.2. The van der Waals surface area contributed by atoms with Crippen molar-refractivity contribution in [2.24, 2.45) is 0 Å². The van der Waals surface area contributed by atoms with Crippen LogP contribution in [0.25, 0.3) is 17.4 Å². The summed E-state index contributed by atoms with van der Waals surface area (Å²) in [5.74, 6) is 0.160. The first-order valence-electron chi connectivity index (χ1n) is 9.12. The molecule has 1 amide bonds. The Hall–Kier alpha value is -3.59. The molecule has 0 fully saturated rings. The van der Waals surface area contributed by atoms with Crippen molar-refractivity contribution in [3.63, 3.8) is 0 Å². The van der Waals surface area contributed by atoms with Gasteiger partial charge in [-0.1, -0.05) is 19.1 Å². The second-order valence-electron chi connectivity index (χ2n) is 6.55. The summed E-state index contributed by atoms with van der Waals surface area (Å²) in [6.07, 6.45) is 5.62. The van der Waals surface area contributed by atoms with E-state index in [4.69, 9.17) is 4.42 Å². The van der Waals surface area contributed by atoms with Gasteiger partial charge in [-0.3, -0.25) is 4.79 Å². The van der Waals surface area contributed by atoms with Crippen LogP contribution in [0.3, 0.4) is 0 Å². The van der Waals surface area contributed by atoms with Gasteiger partial charge in [0.25, 0.3) is 5.91 Å². The number of rotatable bonds is 6. The number of carbonyl (C=O) groups excluding carboxylic acids is 1. The molecule has 0 aliphatic carbocycles. The summed E-state index contributed by atoms with van der Waals surface area (Å²) in [4.78, 5) is 16.5. The number of aromatic nitrogens is 2. The number of anilines is 1. The van der Waals surface area contributed by atoms with Crippen molar-refractivity contribution < 1.29 is 9.21 Å². The summed E-state index contributed by atoms with van der Waals surface area (Å²) in [6.45, 7) is 7.06. The highest BCUT2D eigenvalue weighted by Gasteiger charge is 2.13. The number of hydrogen-bond acceptors (Lipinski definition) is 4. The van der Waals surface area contributed by atoms with Crippen molar-refractivity contribution >= 4 is 17.7 Å². The summed E-state index contributed by atoms with van der Waals surface area (Å²) in [5, 5.41) is 12.3. The molecule has 0 radical (unpaired) electrons. The maximum absolute atomic E-state index is 12.6. The van der Waals surface area contributed by atoms with Gasteiger partial charge < -0.3 is 14.3 Å². The largest absolute Gasteiger partial charge is 0.444 e. The zero-order valence-corrected chi connectivity index (χ0v) is 16.2. The van der Waals surface area contributed by atoms with Crippen LogP contribution in [-0.4, -0.2) is 15.5 Å². The van der Waals surface area contributed by atoms with Crippen LogP contribution < -0.4 is 5.32 Å². The van der Waals surface area contributed by atoms with Crippen molar-refractivity contribution in [3.8, 4) is 17.4 Å². The molecular formula is C22H22N4O2. The number of amides is 1. The fourth-order valence-electron chi connectivity index (χ4n) is 3.15. The van der Waals surface area contributed by atoms with E-state index >= 15 is 0 Å². The Labute approximate surface area is 164 Å². The number of aryl methyl sites for hydroxylation is 1. The second-order valence-corrected chi connectivity index (χ2v) is 6.55. The van der Waals surface area contributed by atoms with Gasteiger partial charge in [-0.15, -0.1) is 0 Å². The minimum Gasteiger partial charge on any atom is -0.444 e. The van der Waals surface area contributed by atoms with E-state index in [-0.39, 0.29) is 5.57 Å². The maximum Gasteiger partial charge on any atom is 0.266 e. The lowest BCUT2D eigenvalue weighted by molar-refractivity contribution is -0.112. The van der Waals surface area contributed by atoms with Gasteiger partial charge in [-0.25, -0.2) is 4.98 Å². The first-order chi connectivity index (χ1) is 13.5. The van der Waals surface area contributed by atoms with Crippen LogP contribution in [0.15, 0.2) is 52.9 Å². The van der Waals surface area contributed by atoms with Crippen molar-refractivity contribution in [1.82, 2.24) is 9.55 Å². The van der Waals surface area contributed by atoms with E-state index in [2.05, 4.69) is 21.8 Å². The molecule has 3 aromatic rings. The molecule has 6 heteroatoms. The highest BCUT2D eigenvalue weighted by Crippen LogP contribution is 2.23. The third-order valence-electron chi connectivity index (χ3n) is 4.56. The van der Waals surface area contributed by atoms with Gasteiger partial charge in [0.1, 0.15) is 11.6 Å². The number of nitrogens with zero attached hydrogens (tertiary/aromatic N) is 3. The van der Waals surface area contributed by atoms with Crippen LogP contribution >= 0.6 is 0 Å². The van der Waals surface area contributed by atoms with E-state index in [1.54, 1.807) is 24.4 Å². The molecule has 0 bridgehead atoms. The predicted octanol–water partition coefficient (Wildman–Crippen LogP) is 4.72. The van der Waals surface area contributed by atoms with Crippen molar-refractivity contribution in [1.29, 1.82) is 5.26 Å². The Balaban J connectivity index is 1.83. The summed E-state index contributed by atoms with van der Waals surface area (Å²) < 4.78 is 7.48. The standard InChI is InChI=1S/C22H22N4O2/c1-4-8-26-15(2)9-18(16(26)3)10-19(12-23)22(27)25-20-7-5-6-17(11-20)21-13-24-14-28-21/h5-7,9-11,13-14H,4,8H2,1-3H3,(H,25,27)/b19-10+. The van der Waals surface area contributed by atoms with Gasteiger partial charge in [0.2, 0.25) is 0 Å². The Bertz CT molecular complexity index is 1050. The second kappa shape index (κ2) is 8.40. The SMILES string of the molecule is CCCn1c(C)cc(/C=C(\C#N)C(=O)Nc2cccc(-c3cnco3)c2)c1C. The Morgan fingerprint density at radius 3 is 2.86 bits per heavy atom. The molecule has 1 N–H and O–H groups in total. The van der Waals surface area contributed by atoms with Crippen LogP contribution in [0, 0.1) is 25.2 Å². The Morgan fingerprint density at radius 2 is 2.18 bits per heavy atom. The van der Waals surface area contributed by atoms with E-state index in [0.29, 0.717) is 11.4 Å². The molecular weight excluding hydrogens is 352 g/mol. The molecule has 142 valence electrons.